The van der Waals surface area contributed by atoms with Crippen molar-refractivity contribution in [1.82, 2.24) is 0 Å². The fourth-order valence-electron chi connectivity index (χ4n) is 2.28. The molecule has 2 unspecified atom stereocenters. The topological polar surface area (TPSA) is 64.6 Å². The number of aryl methyl sites for hydroxylation is 1. The Bertz CT molecular complexity index is 526. The van der Waals surface area contributed by atoms with Crippen molar-refractivity contribution in [2.24, 2.45) is 5.92 Å². The lowest BCUT2D eigenvalue weighted by molar-refractivity contribution is -0.126. The molecule has 6 heteroatoms. The molecule has 1 aromatic heterocycles. The Morgan fingerprint density at radius 2 is 2.24 bits per heavy atom. The SMILES string of the molecule is CCOC(=O)c1cc(CC)sc1NC(=O)C1OCCC1C. The van der Waals surface area contributed by atoms with Crippen LogP contribution in [-0.4, -0.2) is 31.2 Å². The normalized spacial score (nSPS) is 21.3. The molecule has 1 N–H and O–H groups in total. The van der Waals surface area contributed by atoms with Crippen LogP contribution in [0.3, 0.4) is 0 Å². The average Bonchev–Trinajstić information content (AvgIpc) is 3.05. The number of ether oxygens (including phenoxy) is 2. The summed E-state index contributed by atoms with van der Waals surface area (Å²) in [6.45, 7) is 6.68. The van der Waals surface area contributed by atoms with Gasteiger partial charge in [-0.25, -0.2) is 4.79 Å². The van der Waals surface area contributed by atoms with Crippen molar-refractivity contribution in [3.63, 3.8) is 0 Å². The van der Waals surface area contributed by atoms with E-state index in [9.17, 15) is 9.59 Å². The van der Waals surface area contributed by atoms with Crippen molar-refractivity contribution >= 4 is 28.2 Å². The van der Waals surface area contributed by atoms with E-state index < -0.39 is 12.1 Å². The summed E-state index contributed by atoms with van der Waals surface area (Å²) in [5.41, 5.74) is 0.428. The second kappa shape index (κ2) is 7.04. The van der Waals surface area contributed by atoms with Gasteiger partial charge >= 0.3 is 5.97 Å². The van der Waals surface area contributed by atoms with Crippen LogP contribution in [0.5, 0.6) is 0 Å². The van der Waals surface area contributed by atoms with E-state index in [1.807, 2.05) is 13.8 Å². The summed E-state index contributed by atoms with van der Waals surface area (Å²) in [6.07, 6.45) is 1.25. The lowest BCUT2D eigenvalue weighted by atomic mass is 10.0. The standard InChI is InChI=1S/C15H21NO4S/c1-4-10-8-11(15(18)19-5-2)14(21-10)16-13(17)12-9(3)6-7-20-12/h8-9,12H,4-7H2,1-3H3,(H,16,17). The molecule has 1 saturated heterocycles. The molecule has 1 fully saturated rings. The highest BCUT2D eigenvalue weighted by molar-refractivity contribution is 7.16. The summed E-state index contributed by atoms with van der Waals surface area (Å²) in [5.74, 6) is -0.388. The quantitative estimate of drug-likeness (QED) is 0.849. The van der Waals surface area contributed by atoms with Gasteiger partial charge in [0, 0.05) is 11.5 Å². The molecule has 1 aromatic rings. The molecule has 0 aromatic carbocycles. The lowest BCUT2D eigenvalue weighted by Crippen LogP contribution is -2.31. The fourth-order valence-corrected chi connectivity index (χ4v) is 3.27. The Labute approximate surface area is 128 Å². The number of hydrogen-bond donors (Lipinski definition) is 1. The van der Waals surface area contributed by atoms with E-state index in [2.05, 4.69) is 5.32 Å². The van der Waals surface area contributed by atoms with Crippen molar-refractivity contribution in [3.8, 4) is 0 Å². The van der Waals surface area contributed by atoms with Crippen molar-refractivity contribution in [2.75, 3.05) is 18.5 Å². The molecule has 0 radical (unpaired) electrons. The minimum atomic E-state index is -0.438. The van der Waals surface area contributed by atoms with E-state index >= 15 is 0 Å². The molecule has 0 saturated carbocycles. The minimum Gasteiger partial charge on any atom is -0.462 e. The molecule has 0 spiro atoms. The first-order valence-corrected chi connectivity index (χ1v) is 8.10. The Morgan fingerprint density at radius 3 is 2.81 bits per heavy atom. The van der Waals surface area contributed by atoms with E-state index in [1.165, 1.54) is 11.3 Å². The molecular formula is C15H21NO4S. The summed E-state index contributed by atoms with van der Waals surface area (Å²) in [4.78, 5) is 25.3. The highest BCUT2D eigenvalue weighted by atomic mass is 32.1. The van der Waals surface area contributed by atoms with Crippen molar-refractivity contribution < 1.29 is 19.1 Å². The molecule has 1 aliphatic rings. The lowest BCUT2D eigenvalue weighted by Gasteiger charge is -2.14. The number of thiophene rings is 1. The monoisotopic (exact) mass is 311 g/mol. The highest BCUT2D eigenvalue weighted by Gasteiger charge is 2.32. The molecule has 0 bridgehead atoms. The Hall–Kier alpha value is -1.40. The smallest absolute Gasteiger partial charge is 0.341 e. The van der Waals surface area contributed by atoms with E-state index in [0.29, 0.717) is 23.8 Å². The number of nitrogens with one attached hydrogen (secondary N) is 1. The maximum Gasteiger partial charge on any atom is 0.341 e. The summed E-state index contributed by atoms with van der Waals surface area (Å²) in [6, 6.07) is 1.79. The summed E-state index contributed by atoms with van der Waals surface area (Å²) < 4.78 is 10.5. The van der Waals surface area contributed by atoms with Crippen LogP contribution >= 0.6 is 11.3 Å². The van der Waals surface area contributed by atoms with Crippen LogP contribution in [0.2, 0.25) is 0 Å². The van der Waals surface area contributed by atoms with E-state index in [-0.39, 0.29) is 11.8 Å². The molecule has 2 atom stereocenters. The van der Waals surface area contributed by atoms with Gasteiger partial charge in [0.2, 0.25) is 0 Å². The molecule has 1 amide bonds. The maximum absolute atomic E-state index is 12.3. The number of rotatable bonds is 5. The number of hydrogen-bond acceptors (Lipinski definition) is 5. The maximum atomic E-state index is 12.3. The predicted molar refractivity (Wildman–Crippen MR) is 81.8 cm³/mol. The highest BCUT2D eigenvalue weighted by Crippen LogP contribution is 2.30. The summed E-state index contributed by atoms with van der Waals surface area (Å²) >= 11 is 1.41. The Kier molecular flexibility index (Phi) is 5.36. The van der Waals surface area contributed by atoms with Crippen molar-refractivity contribution in [1.29, 1.82) is 0 Å². The summed E-state index contributed by atoms with van der Waals surface area (Å²) in [7, 11) is 0. The molecule has 2 heterocycles. The number of carbonyl (C=O) groups excluding carboxylic acids is 2. The van der Waals surface area contributed by atoms with Gasteiger partial charge in [-0.15, -0.1) is 11.3 Å². The Balaban J connectivity index is 2.16. The van der Waals surface area contributed by atoms with E-state index in [1.54, 1.807) is 13.0 Å². The first-order chi connectivity index (χ1) is 10.1. The Morgan fingerprint density at radius 1 is 1.48 bits per heavy atom. The molecular weight excluding hydrogens is 290 g/mol. The van der Waals surface area contributed by atoms with Gasteiger partial charge in [-0.05, 0) is 31.7 Å². The van der Waals surface area contributed by atoms with Crippen molar-refractivity contribution in [3.05, 3.63) is 16.5 Å². The third kappa shape index (κ3) is 3.63. The van der Waals surface area contributed by atoms with Crippen molar-refractivity contribution in [2.45, 2.75) is 39.7 Å². The van der Waals surface area contributed by atoms with Crippen LogP contribution in [0.15, 0.2) is 6.07 Å². The fraction of sp³-hybridized carbons (Fsp3) is 0.600. The molecule has 1 aliphatic heterocycles. The number of amides is 1. The molecule has 0 aliphatic carbocycles. The number of anilines is 1. The zero-order valence-corrected chi connectivity index (χ0v) is 13.4. The third-order valence-corrected chi connectivity index (χ3v) is 4.70. The number of carbonyl (C=O) groups is 2. The minimum absolute atomic E-state index is 0.185. The van der Waals surface area contributed by atoms with Gasteiger partial charge < -0.3 is 14.8 Å². The van der Waals surface area contributed by atoms with Gasteiger partial charge in [0.25, 0.3) is 5.91 Å². The second-order valence-electron chi connectivity index (χ2n) is 5.08. The first kappa shape index (κ1) is 16.0. The van der Waals surface area contributed by atoms with Gasteiger partial charge in [-0.2, -0.15) is 0 Å². The molecule has 2 rings (SSSR count). The average molecular weight is 311 g/mol. The second-order valence-corrected chi connectivity index (χ2v) is 6.21. The van der Waals surface area contributed by atoms with Crippen LogP contribution in [0, 0.1) is 5.92 Å². The van der Waals surface area contributed by atoms with Crippen LogP contribution in [0.1, 0.15) is 42.4 Å². The van der Waals surface area contributed by atoms with Gasteiger partial charge in [0.1, 0.15) is 11.1 Å². The van der Waals surface area contributed by atoms with Gasteiger partial charge in [0.15, 0.2) is 0 Å². The number of esters is 1. The third-order valence-electron chi connectivity index (χ3n) is 3.51. The van der Waals surface area contributed by atoms with E-state index in [4.69, 9.17) is 9.47 Å². The van der Waals surface area contributed by atoms with Gasteiger partial charge in [0.05, 0.1) is 12.2 Å². The van der Waals surface area contributed by atoms with Crippen LogP contribution < -0.4 is 5.32 Å². The summed E-state index contributed by atoms with van der Waals surface area (Å²) in [5, 5.41) is 3.38. The zero-order chi connectivity index (χ0) is 15.4. The predicted octanol–water partition coefficient (Wildman–Crippen LogP) is 2.85. The van der Waals surface area contributed by atoms with Gasteiger partial charge in [-0.1, -0.05) is 13.8 Å². The first-order valence-electron chi connectivity index (χ1n) is 7.29. The zero-order valence-electron chi connectivity index (χ0n) is 12.6. The molecule has 116 valence electrons. The van der Waals surface area contributed by atoms with Crippen LogP contribution in [0.4, 0.5) is 5.00 Å². The van der Waals surface area contributed by atoms with Gasteiger partial charge in [-0.3, -0.25) is 4.79 Å². The molecule has 21 heavy (non-hydrogen) atoms. The van der Waals surface area contributed by atoms with Crippen LogP contribution in [0.25, 0.3) is 0 Å². The van der Waals surface area contributed by atoms with E-state index in [0.717, 1.165) is 17.7 Å². The molecule has 5 nitrogen and oxygen atoms in total. The largest absolute Gasteiger partial charge is 0.462 e. The van der Waals surface area contributed by atoms with Crippen LogP contribution in [-0.2, 0) is 20.7 Å².